The average Bonchev–Trinajstić information content (AvgIpc) is 3.14. The zero-order valence-corrected chi connectivity index (χ0v) is 18.5. The fourth-order valence-electron chi connectivity index (χ4n) is 4.79. The first-order chi connectivity index (χ1) is 15.4. The van der Waals surface area contributed by atoms with E-state index in [1.165, 1.54) is 35.1 Å². The van der Waals surface area contributed by atoms with Crippen molar-refractivity contribution >= 4 is 12.0 Å². The van der Waals surface area contributed by atoms with Crippen molar-refractivity contribution in [1.29, 1.82) is 0 Å². The van der Waals surface area contributed by atoms with Crippen LogP contribution in [0.25, 0.3) is 0 Å². The van der Waals surface area contributed by atoms with Crippen LogP contribution in [0.15, 0.2) is 30.3 Å². The second-order valence-electron chi connectivity index (χ2n) is 8.82. The van der Waals surface area contributed by atoms with Crippen LogP contribution in [0.3, 0.4) is 0 Å². The van der Waals surface area contributed by atoms with Crippen LogP contribution < -0.4 is 0 Å². The van der Waals surface area contributed by atoms with E-state index in [-0.39, 0.29) is 18.0 Å². The summed E-state index contributed by atoms with van der Waals surface area (Å²) in [7, 11) is 0. The summed E-state index contributed by atoms with van der Waals surface area (Å²) < 4.78 is 14.5. The standard InChI is InChI=1S/C25H30FN3O3/c1-17-8-11-21(26)20(15-17)23(16-24(30)31)29-14-13-28(25(29)32)12-4-6-19-10-9-18-5-2-3-7-22(18)27-19/h8-11,15,23H,2-7,12-14,16H2,1H3,(H,30,31)/t23-/m0/s1. The van der Waals surface area contributed by atoms with Gasteiger partial charge in [0.05, 0.1) is 12.5 Å². The lowest BCUT2D eigenvalue weighted by Crippen LogP contribution is -2.36. The van der Waals surface area contributed by atoms with E-state index in [9.17, 15) is 19.1 Å². The molecule has 2 amide bonds. The van der Waals surface area contributed by atoms with Crippen LogP contribution >= 0.6 is 0 Å². The van der Waals surface area contributed by atoms with E-state index in [0.29, 0.717) is 19.6 Å². The number of carboxylic acids is 1. The SMILES string of the molecule is Cc1ccc(F)c([C@H](CC(=O)O)N2CCN(CCCc3ccc4c(n3)CCCC4)C2=O)c1. The highest BCUT2D eigenvalue weighted by atomic mass is 19.1. The molecule has 0 saturated carbocycles. The Morgan fingerprint density at radius 1 is 1.19 bits per heavy atom. The number of pyridine rings is 1. The number of aryl methyl sites for hydroxylation is 4. The summed E-state index contributed by atoms with van der Waals surface area (Å²) in [6, 6.07) is 7.86. The Balaban J connectivity index is 1.39. The first kappa shape index (κ1) is 22.2. The molecule has 1 aliphatic carbocycles. The molecule has 1 saturated heterocycles. The summed E-state index contributed by atoms with van der Waals surface area (Å²) in [6.07, 6.45) is 5.84. The van der Waals surface area contributed by atoms with Crippen LogP contribution in [-0.4, -0.2) is 51.5 Å². The number of aliphatic carboxylic acids is 1. The minimum absolute atomic E-state index is 0.226. The van der Waals surface area contributed by atoms with Gasteiger partial charge >= 0.3 is 12.0 Å². The van der Waals surface area contributed by atoms with Gasteiger partial charge in [0.25, 0.3) is 0 Å². The molecule has 0 radical (unpaired) electrons. The van der Waals surface area contributed by atoms with Gasteiger partial charge in [-0.2, -0.15) is 0 Å². The minimum atomic E-state index is -1.05. The lowest BCUT2D eigenvalue weighted by Gasteiger charge is -2.28. The van der Waals surface area contributed by atoms with Gasteiger partial charge in [-0.15, -0.1) is 0 Å². The number of benzene rings is 1. The van der Waals surface area contributed by atoms with E-state index >= 15 is 0 Å². The quantitative estimate of drug-likeness (QED) is 0.666. The molecule has 1 N–H and O–H groups in total. The van der Waals surface area contributed by atoms with Gasteiger partial charge in [-0.25, -0.2) is 9.18 Å². The first-order valence-corrected chi connectivity index (χ1v) is 11.4. The fraction of sp³-hybridized carbons (Fsp3) is 0.480. The number of aromatic nitrogens is 1. The highest BCUT2D eigenvalue weighted by Gasteiger charge is 2.36. The zero-order valence-electron chi connectivity index (χ0n) is 18.5. The predicted octanol–water partition coefficient (Wildman–Crippen LogP) is 4.29. The molecule has 4 rings (SSSR count). The van der Waals surface area contributed by atoms with Crippen molar-refractivity contribution in [3.63, 3.8) is 0 Å². The summed E-state index contributed by atoms with van der Waals surface area (Å²) in [5.74, 6) is -1.53. The molecule has 1 fully saturated rings. The van der Waals surface area contributed by atoms with Gasteiger partial charge in [-0.1, -0.05) is 23.8 Å². The molecule has 2 heterocycles. The van der Waals surface area contributed by atoms with Crippen LogP contribution in [-0.2, 0) is 24.1 Å². The Kier molecular flexibility index (Phi) is 6.72. The van der Waals surface area contributed by atoms with Crippen molar-refractivity contribution < 1.29 is 19.1 Å². The third-order valence-corrected chi connectivity index (χ3v) is 6.48. The lowest BCUT2D eigenvalue weighted by atomic mass is 9.95. The summed E-state index contributed by atoms with van der Waals surface area (Å²) in [5.41, 5.74) is 4.73. The summed E-state index contributed by atoms with van der Waals surface area (Å²) >= 11 is 0. The van der Waals surface area contributed by atoms with Crippen LogP contribution in [0.4, 0.5) is 9.18 Å². The topological polar surface area (TPSA) is 73.7 Å². The highest BCUT2D eigenvalue weighted by Crippen LogP contribution is 2.31. The number of hydrogen-bond donors (Lipinski definition) is 1. The van der Waals surface area contributed by atoms with Crippen LogP contribution in [0, 0.1) is 12.7 Å². The molecule has 2 aromatic rings. The van der Waals surface area contributed by atoms with Gasteiger partial charge in [-0.3, -0.25) is 9.78 Å². The van der Waals surface area contributed by atoms with Crippen molar-refractivity contribution in [1.82, 2.24) is 14.8 Å². The molecule has 32 heavy (non-hydrogen) atoms. The van der Waals surface area contributed by atoms with E-state index in [2.05, 4.69) is 12.1 Å². The van der Waals surface area contributed by atoms with Crippen molar-refractivity contribution in [2.24, 2.45) is 0 Å². The average molecular weight is 440 g/mol. The van der Waals surface area contributed by atoms with Gasteiger partial charge in [-0.05, 0) is 63.1 Å². The molecule has 7 heteroatoms. The minimum Gasteiger partial charge on any atom is -0.481 e. The Hall–Kier alpha value is -2.96. The van der Waals surface area contributed by atoms with Gasteiger partial charge in [0, 0.05) is 36.6 Å². The first-order valence-electron chi connectivity index (χ1n) is 11.4. The summed E-state index contributed by atoms with van der Waals surface area (Å²) in [6.45, 7) is 3.30. The summed E-state index contributed by atoms with van der Waals surface area (Å²) in [5, 5.41) is 9.39. The molecule has 1 aromatic carbocycles. The predicted molar refractivity (Wildman–Crippen MR) is 119 cm³/mol. The number of carboxylic acid groups (broad SMARTS) is 1. The Morgan fingerprint density at radius 2 is 2.00 bits per heavy atom. The molecule has 170 valence electrons. The van der Waals surface area contributed by atoms with Gasteiger partial charge in [0.1, 0.15) is 5.82 Å². The number of amides is 2. The van der Waals surface area contributed by atoms with Crippen molar-refractivity contribution in [2.45, 2.75) is 57.9 Å². The van der Waals surface area contributed by atoms with Crippen molar-refractivity contribution in [3.8, 4) is 0 Å². The zero-order chi connectivity index (χ0) is 22.7. The maximum atomic E-state index is 14.5. The van der Waals surface area contributed by atoms with Crippen molar-refractivity contribution in [2.75, 3.05) is 19.6 Å². The number of hydrogen-bond acceptors (Lipinski definition) is 3. The number of carbonyl (C=O) groups is 2. The Bertz CT molecular complexity index is 1010. The van der Waals surface area contributed by atoms with Gasteiger partial charge in [0.15, 0.2) is 0 Å². The third-order valence-electron chi connectivity index (χ3n) is 6.48. The number of carbonyl (C=O) groups excluding carboxylic acids is 1. The second kappa shape index (κ2) is 9.67. The highest BCUT2D eigenvalue weighted by molar-refractivity contribution is 5.78. The molecule has 1 aromatic heterocycles. The number of nitrogens with zero attached hydrogens (tertiary/aromatic N) is 3. The molecule has 2 aliphatic rings. The molecule has 0 unspecified atom stereocenters. The van der Waals surface area contributed by atoms with Crippen molar-refractivity contribution in [3.05, 3.63) is 64.2 Å². The van der Waals surface area contributed by atoms with E-state index < -0.39 is 17.8 Å². The molecular weight excluding hydrogens is 409 g/mol. The van der Waals surface area contributed by atoms with E-state index in [1.54, 1.807) is 17.0 Å². The van der Waals surface area contributed by atoms with Crippen LogP contribution in [0.5, 0.6) is 0 Å². The Labute approximate surface area is 188 Å². The van der Waals surface area contributed by atoms with E-state index in [1.807, 2.05) is 6.92 Å². The molecule has 1 aliphatic heterocycles. The van der Waals surface area contributed by atoms with Crippen LogP contribution in [0.2, 0.25) is 0 Å². The number of urea groups is 1. The monoisotopic (exact) mass is 439 g/mol. The van der Waals surface area contributed by atoms with Crippen LogP contribution in [0.1, 0.15) is 59.8 Å². The maximum absolute atomic E-state index is 14.5. The molecular formula is C25H30FN3O3. The number of rotatable bonds is 8. The largest absolute Gasteiger partial charge is 0.481 e. The molecule has 0 spiro atoms. The smallest absolute Gasteiger partial charge is 0.320 e. The number of halogens is 1. The van der Waals surface area contributed by atoms with Gasteiger partial charge < -0.3 is 14.9 Å². The summed E-state index contributed by atoms with van der Waals surface area (Å²) in [4.78, 5) is 32.6. The fourth-order valence-corrected chi connectivity index (χ4v) is 4.79. The maximum Gasteiger partial charge on any atom is 0.320 e. The molecule has 1 atom stereocenters. The van der Waals surface area contributed by atoms with Gasteiger partial charge in [0.2, 0.25) is 0 Å². The van der Waals surface area contributed by atoms with E-state index in [0.717, 1.165) is 36.9 Å². The Morgan fingerprint density at radius 3 is 2.81 bits per heavy atom. The molecule has 6 nitrogen and oxygen atoms in total. The normalized spacial score (nSPS) is 16.9. The lowest BCUT2D eigenvalue weighted by molar-refractivity contribution is -0.138. The molecule has 0 bridgehead atoms. The van der Waals surface area contributed by atoms with E-state index in [4.69, 9.17) is 4.98 Å². The third kappa shape index (κ3) is 4.92. The number of fused-ring (bicyclic) bond motifs is 1. The second-order valence-corrected chi connectivity index (χ2v) is 8.82.